The zero-order valence-electron chi connectivity index (χ0n) is 14.4. The van der Waals surface area contributed by atoms with Crippen molar-refractivity contribution >= 4 is 16.8 Å². The van der Waals surface area contributed by atoms with Gasteiger partial charge in [0.2, 0.25) is 0 Å². The zero-order valence-corrected chi connectivity index (χ0v) is 14.4. The number of aromatic nitrogens is 2. The molecule has 3 aromatic rings. The molecule has 1 saturated heterocycles. The van der Waals surface area contributed by atoms with E-state index in [1.807, 2.05) is 47.6 Å². The number of rotatable bonds is 3. The van der Waals surface area contributed by atoms with Crippen LogP contribution in [0.3, 0.4) is 0 Å². The van der Waals surface area contributed by atoms with Gasteiger partial charge in [-0.1, -0.05) is 6.07 Å². The summed E-state index contributed by atoms with van der Waals surface area (Å²) in [5.74, 6) is 0.122. The van der Waals surface area contributed by atoms with Gasteiger partial charge in [-0.25, -0.2) is 0 Å². The fourth-order valence-corrected chi connectivity index (χ4v) is 3.52. The molecule has 1 atom stereocenters. The molecule has 1 aliphatic heterocycles. The molecule has 0 radical (unpaired) electrons. The van der Waals surface area contributed by atoms with E-state index in [1.165, 1.54) is 5.56 Å². The minimum absolute atomic E-state index is 0.122. The van der Waals surface area contributed by atoms with E-state index in [1.54, 1.807) is 6.20 Å². The van der Waals surface area contributed by atoms with Crippen molar-refractivity contribution in [3.63, 3.8) is 0 Å². The Bertz CT molecular complexity index is 866. The van der Waals surface area contributed by atoms with E-state index in [4.69, 9.17) is 0 Å². The molecule has 1 aliphatic rings. The molecule has 0 unspecified atom stereocenters. The van der Waals surface area contributed by atoms with Gasteiger partial charge in [-0.05, 0) is 42.8 Å². The Labute approximate surface area is 147 Å². The summed E-state index contributed by atoms with van der Waals surface area (Å²) < 4.78 is 0. The van der Waals surface area contributed by atoms with Gasteiger partial charge in [-0.3, -0.25) is 14.7 Å². The normalized spacial score (nSPS) is 16.9. The zero-order chi connectivity index (χ0) is 17.2. The maximum absolute atomic E-state index is 12.8. The number of fused-ring (bicyclic) bond motifs is 1. The molecule has 5 heteroatoms. The molecule has 0 saturated carbocycles. The van der Waals surface area contributed by atoms with Crippen LogP contribution >= 0.6 is 0 Å². The molecule has 128 valence electrons. The number of pyridine rings is 1. The predicted octanol–water partition coefficient (Wildman–Crippen LogP) is 3.08. The van der Waals surface area contributed by atoms with Crippen LogP contribution in [0, 0.1) is 0 Å². The van der Waals surface area contributed by atoms with Crippen LogP contribution < -0.4 is 0 Å². The van der Waals surface area contributed by atoms with Crippen LogP contribution in [0.15, 0.2) is 55.0 Å². The summed E-state index contributed by atoms with van der Waals surface area (Å²) in [7, 11) is 0. The first kappa shape index (κ1) is 15.8. The van der Waals surface area contributed by atoms with Crippen molar-refractivity contribution in [3.05, 3.63) is 66.1 Å². The molecule has 1 N–H and O–H groups in total. The lowest BCUT2D eigenvalue weighted by atomic mass is 10.1. The minimum Gasteiger partial charge on any atom is -0.361 e. The third kappa shape index (κ3) is 3.15. The average Bonchev–Trinajstić information content (AvgIpc) is 3.15. The van der Waals surface area contributed by atoms with Crippen molar-refractivity contribution in [2.75, 3.05) is 26.2 Å². The number of nitrogens with one attached hydrogen (secondary N) is 1. The summed E-state index contributed by atoms with van der Waals surface area (Å²) in [6.07, 6.45) is 5.62. The van der Waals surface area contributed by atoms with E-state index in [0.717, 1.165) is 42.6 Å². The number of aromatic amines is 1. The van der Waals surface area contributed by atoms with Gasteiger partial charge in [0.05, 0.1) is 0 Å². The van der Waals surface area contributed by atoms with Crippen LogP contribution in [0.25, 0.3) is 10.9 Å². The second-order valence-electron chi connectivity index (χ2n) is 6.57. The molecule has 0 aliphatic carbocycles. The Morgan fingerprint density at radius 2 is 2.00 bits per heavy atom. The fraction of sp³-hybridized carbons (Fsp3) is 0.300. The highest BCUT2D eigenvalue weighted by Crippen LogP contribution is 2.22. The predicted molar refractivity (Wildman–Crippen MR) is 98.4 cm³/mol. The second kappa shape index (κ2) is 6.69. The molecule has 1 amide bonds. The molecule has 0 spiro atoms. The summed E-state index contributed by atoms with van der Waals surface area (Å²) >= 11 is 0. The van der Waals surface area contributed by atoms with E-state index < -0.39 is 0 Å². The van der Waals surface area contributed by atoms with Gasteiger partial charge in [-0.15, -0.1) is 0 Å². The Morgan fingerprint density at radius 3 is 2.76 bits per heavy atom. The quantitative estimate of drug-likeness (QED) is 0.801. The highest BCUT2D eigenvalue weighted by molar-refractivity contribution is 5.98. The molecule has 1 fully saturated rings. The maximum atomic E-state index is 12.8. The Balaban J connectivity index is 1.42. The molecular formula is C20H22N4O. The molecule has 2 aromatic heterocycles. The van der Waals surface area contributed by atoms with Crippen molar-refractivity contribution in [2.24, 2.45) is 0 Å². The summed E-state index contributed by atoms with van der Waals surface area (Å²) in [6.45, 7) is 5.49. The number of carbonyl (C=O) groups excluding carboxylic acids is 1. The summed E-state index contributed by atoms with van der Waals surface area (Å²) in [6, 6.07) is 12.3. The smallest absolute Gasteiger partial charge is 0.253 e. The lowest BCUT2D eigenvalue weighted by Gasteiger charge is -2.38. The molecule has 25 heavy (non-hydrogen) atoms. The summed E-state index contributed by atoms with van der Waals surface area (Å²) in [4.78, 5) is 24.5. The van der Waals surface area contributed by atoms with Crippen LogP contribution in [0.1, 0.15) is 28.9 Å². The number of benzene rings is 1. The monoisotopic (exact) mass is 334 g/mol. The molecular weight excluding hydrogens is 312 g/mol. The van der Waals surface area contributed by atoms with E-state index in [2.05, 4.69) is 27.9 Å². The number of amides is 1. The first-order valence-electron chi connectivity index (χ1n) is 8.73. The fourth-order valence-electron chi connectivity index (χ4n) is 3.52. The lowest BCUT2D eigenvalue weighted by molar-refractivity contribution is 0.0582. The third-order valence-corrected chi connectivity index (χ3v) is 5.12. The van der Waals surface area contributed by atoms with Crippen LogP contribution in [-0.2, 0) is 0 Å². The van der Waals surface area contributed by atoms with E-state index in [0.29, 0.717) is 6.04 Å². The molecule has 1 aromatic carbocycles. The number of carbonyl (C=O) groups is 1. The van der Waals surface area contributed by atoms with Crippen molar-refractivity contribution in [3.8, 4) is 0 Å². The second-order valence-corrected chi connectivity index (χ2v) is 6.57. The van der Waals surface area contributed by atoms with Gasteiger partial charge in [0, 0.05) is 67.3 Å². The van der Waals surface area contributed by atoms with Crippen molar-refractivity contribution in [1.29, 1.82) is 0 Å². The largest absolute Gasteiger partial charge is 0.361 e. The maximum Gasteiger partial charge on any atom is 0.253 e. The van der Waals surface area contributed by atoms with Gasteiger partial charge in [0.15, 0.2) is 0 Å². The van der Waals surface area contributed by atoms with E-state index in [-0.39, 0.29) is 5.91 Å². The van der Waals surface area contributed by atoms with Crippen molar-refractivity contribution < 1.29 is 4.79 Å². The summed E-state index contributed by atoms with van der Waals surface area (Å²) in [5, 5.41) is 1.08. The van der Waals surface area contributed by atoms with Crippen LogP contribution in [0.4, 0.5) is 0 Å². The van der Waals surface area contributed by atoms with Gasteiger partial charge in [-0.2, -0.15) is 0 Å². The van der Waals surface area contributed by atoms with Gasteiger partial charge >= 0.3 is 0 Å². The number of H-pyrrole nitrogens is 1. The van der Waals surface area contributed by atoms with E-state index >= 15 is 0 Å². The highest BCUT2D eigenvalue weighted by atomic mass is 16.2. The number of nitrogens with zero attached hydrogens (tertiary/aromatic N) is 3. The number of piperazine rings is 1. The summed E-state index contributed by atoms with van der Waals surface area (Å²) in [5.41, 5.74) is 3.05. The van der Waals surface area contributed by atoms with E-state index in [9.17, 15) is 4.79 Å². The van der Waals surface area contributed by atoms with Gasteiger partial charge in [0.25, 0.3) is 5.91 Å². The third-order valence-electron chi connectivity index (χ3n) is 5.12. The Kier molecular flexibility index (Phi) is 4.24. The van der Waals surface area contributed by atoms with Crippen LogP contribution in [0.2, 0.25) is 0 Å². The Hall–Kier alpha value is -2.66. The highest BCUT2D eigenvalue weighted by Gasteiger charge is 2.25. The van der Waals surface area contributed by atoms with Crippen molar-refractivity contribution in [1.82, 2.24) is 19.8 Å². The van der Waals surface area contributed by atoms with Crippen molar-refractivity contribution in [2.45, 2.75) is 13.0 Å². The molecule has 0 bridgehead atoms. The van der Waals surface area contributed by atoms with Gasteiger partial charge in [0.1, 0.15) is 0 Å². The number of hydrogen-bond acceptors (Lipinski definition) is 3. The molecule has 5 nitrogen and oxygen atoms in total. The average molecular weight is 334 g/mol. The lowest BCUT2D eigenvalue weighted by Crippen LogP contribution is -2.49. The number of hydrogen-bond donors (Lipinski definition) is 1. The van der Waals surface area contributed by atoms with Crippen LogP contribution in [-0.4, -0.2) is 51.9 Å². The Morgan fingerprint density at radius 1 is 1.16 bits per heavy atom. The first-order valence-corrected chi connectivity index (χ1v) is 8.73. The standard InChI is InChI=1S/C20H22N4O/c1-15(18-3-2-7-21-14-18)23-9-11-24(12-10-23)20(25)17-4-5-19-16(13-17)6-8-22-19/h2-8,13-15,22H,9-12H2,1H3/t15-/m1/s1. The molecule has 3 heterocycles. The SMILES string of the molecule is C[C@H](c1cccnc1)N1CCN(C(=O)c2ccc3[nH]ccc3c2)CC1. The minimum atomic E-state index is 0.122. The van der Waals surface area contributed by atoms with Gasteiger partial charge < -0.3 is 9.88 Å². The topological polar surface area (TPSA) is 52.2 Å². The molecule has 4 rings (SSSR count). The van der Waals surface area contributed by atoms with Crippen LogP contribution in [0.5, 0.6) is 0 Å². The first-order chi connectivity index (χ1) is 12.2.